The van der Waals surface area contributed by atoms with Gasteiger partial charge in [0.05, 0.1) is 17.3 Å². The predicted octanol–water partition coefficient (Wildman–Crippen LogP) is 4.94. The van der Waals surface area contributed by atoms with Gasteiger partial charge in [0, 0.05) is 24.1 Å². The topological polar surface area (TPSA) is 82.5 Å². The molecule has 3 aromatic rings. The quantitative estimate of drug-likeness (QED) is 0.519. The lowest BCUT2D eigenvalue weighted by Gasteiger charge is -2.23. The van der Waals surface area contributed by atoms with E-state index in [-0.39, 0.29) is 16.8 Å². The summed E-state index contributed by atoms with van der Waals surface area (Å²) < 4.78 is 55.3. The zero-order valence-electron chi connectivity index (χ0n) is 17.2. The van der Waals surface area contributed by atoms with Crippen LogP contribution in [0.5, 0.6) is 5.75 Å². The highest BCUT2D eigenvalue weighted by atomic mass is 32.1. The number of anilines is 1. The third-order valence-electron chi connectivity index (χ3n) is 5.34. The fraction of sp³-hybridized carbons (Fsp3) is 0.227. The number of likely N-dealkylation sites (tertiary alicyclic amines) is 1. The summed E-state index contributed by atoms with van der Waals surface area (Å²) in [6.45, 7) is 1.70. The monoisotopic (exact) mass is 479 g/mol. The zero-order valence-corrected chi connectivity index (χ0v) is 18.0. The highest BCUT2D eigenvalue weighted by Gasteiger charge is 2.34. The van der Waals surface area contributed by atoms with Crippen LogP contribution in [0, 0.1) is 30.2 Å². The average molecular weight is 479 g/mol. The molecule has 0 saturated carbocycles. The standard InChI is InChI=1S/C22H17F4N3O3S/c1-10-4-5-11(19(26)18(10)25)22(32)29-6-2-3-16(29)21-28-15(9-33-21)20(31)27-14-8-17(30)13(24)7-12(14)23/h4-5,7-9,16,30H,2-3,6H2,1H3,(H,27,31)/t16-/m1/s1. The highest BCUT2D eigenvalue weighted by molar-refractivity contribution is 7.10. The molecular formula is C22H17F4N3O3S. The number of hydrogen-bond acceptors (Lipinski definition) is 5. The number of phenolic OH excluding ortho intramolecular Hbond substituents is 1. The molecule has 0 bridgehead atoms. The first-order valence-electron chi connectivity index (χ1n) is 9.87. The summed E-state index contributed by atoms with van der Waals surface area (Å²) in [4.78, 5) is 31.0. The van der Waals surface area contributed by atoms with E-state index in [1.54, 1.807) is 0 Å². The molecule has 33 heavy (non-hydrogen) atoms. The van der Waals surface area contributed by atoms with Gasteiger partial charge >= 0.3 is 0 Å². The largest absolute Gasteiger partial charge is 0.505 e. The van der Waals surface area contributed by atoms with Crippen LogP contribution in [0.2, 0.25) is 0 Å². The number of aryl methyl sites for hydroxylation is 1. The van der Waals surface area contributed by atoms with Crippen molar-refractivity contribution < 1.29 is 32.3 Å². The molecule has 0 unspecified atom stereocenters. The van der Waals surface area contributed by atoms with Gasteiger partial charge in [0.15, 0.2) is 23.2 Å². The number of nitrogens with one attached hydrogen (secondary N) is 1. The van der Waals surface area contributed by atoms with E-state index in [2.05, 4.69) is 10.3 Å². The Hall–Kier alpha value is -3.47. The summed E-state index contributed by atoms with van der Waals surface area (Å²) in [5, 5.41) is 13.4. The van der Waals surface area contributed by atoms with E-state index in [4.69, 9.17) is 0 Å². The number of carbonyl (C=O) groups is 2. The number of carbonyl (C=O) groups excluding carboxylic acids is 2. The number of amides is 2. The molecular weight excluding hydrogens is 462 g/mol. The first-order chi connectivity index (χ1) is 15.7. The average Bonchev–Trinajstić information content (AvgIpc) is 3.45. The van der Waals surface area contributed by atoms with E-state index < -0.39 is 52.6 Å². The van der Waals surface area contributed by atoms with Crippen LogP contribution in [-0.4, -0.2) is 33.3 Å². The lowest BCUT2D eigenvalue weighted by Crippen LogP contribution is -2.31. The van der Waals surface area contributed by atoms with Gasteiger partial charge in [-0.25, -0.2) is 22.5 Å². The Kier molecular flexibility index (Phi) is 6.07. The van der Waals surface area contributed by atoms with Crippen LogP contribution in [0.4, 0.5) is 23.2 Å². The molecule has 1 fully saturated rings. The minimum absolute atomic E-state index is 0.0786. The van der Waals surface area contributed by atoms with Gasteiger partial charge in [0.1, 0.15) is 16.5 Å². The van der Waals surface area contributed by atoms with Gasteiger partial charge in [-0.05, 0) is 31.4 Å². The number of halogens is 4. The molecule has 2 N–H and O–H groups in total. The predicted molar refractivity (Wildman–Crippen MR) is 112 cm³/mol. The number of rotatable bonds is 4. The van der Waals surface area contributed by atoms with Crippen molar-refractivity contribution in [2.75, 3.05) is 11.9 Å². The lowest BCUT2D eigenvalue weighted by atomic mass is 10.1. The molecule has 0 spiro atoms. The molecule has 1 aliphatic rings. The number of phenols is 1. The molecule has 172 valence electrons. The van der Waals surface area contributed by atoms with Crippen LogP contribution in [-0.2, 0) is 0 Å². The van der Waals surface area contributed by atoms with E-state index in [1.165, 1.54) is 29.3 Å². The second-order valence-corrected chi connectivity index (χ2v) is 8.41. The maximum atomic E-state index is 14.3. The Bertz CT molecular complexity index is 1260. The summed E-state index contributed by atoms with van der Waals surface area (Å²) >= 11 is 1.08. The summed E-state index contributed by atoms with van der Waals surface area (Å²) in [5.74, 6) is -6.85. The van der Waals surface area contributed by atoms with Crippen molar-refractivity contribution >= 4 is 28.8 Å². The molecule has 6 nitrogen and oxygen atoms in total. The second-order valence-electron chi connectivity index (χ2n) is 7.52. The van der Waals surface area contributed by atoms with Gasteiger partial charge in [-0.3, -0.25) is 9.59 Å². The number of nitrogens with zero attached hydrogens (tertiary/aromatic N) is 2. The maximum absolute atomic E-state index is 14.3. The zero-order chi connectivity index (χ0) is 23.9. The maximum Gasteiger partial charge on any atom is 0.275 e. The van der Waals surface area contributed by atoms with Crippen molar-refractivity contribution in [3.63, 3.8) is 0 Å². The minimum Gasteiger partial charge on any atom is -0.505 e. The molecule has 1 aromatic heterocycles. The van der Waals surface area contributed by atoms with Gasteiger partial charge in [-0.2, -0.15) is 0 Å². The Morgan fingerprint density at radius 3 is 2.67 bits per heavy atom. The molecule has 0 aliphatic carbocycles. The Labute approximate surface area is 189 Å². The SMILES string of the molecule is Cc1ccc(C(=O)N2CCC[C@@H]2c2nc(C(=O)Nc3cc(O)c(F)cc3F)cs2)c(F)c1F. The minimum atomic E-state index is -1.21. The van der Waals surface area contributed by atoms with Crippen molar-refractivity contribution in [2.24, 2.45) is 0 Å². The van der Waals surface area contributed by atoms with E-state index in [1.807, 2.05) is 0 Å². The van der Waals surface area contributed by atoms with Gasteiger partial charge in [-0.15, -0.1) is 11.3 Å². The number of benzene rings is 2. The van der Waals surface area contributed by atoms with Crippen LogP contribution in [0.25, 0.3) is 0 Å². The smallest absolute Gasteiger partial charge is 0.275 e. The van der Waals surface area contributed by atoms with Crippen molar-refractivity contribution in [1.29, 1.82) is 0 Å². The van der Waals surface area contributed by atoms with Crippen LogP contribution in [0.1, 0.15) is 50.3 Å². The molecule has 2 aromatic carbocycles. The van der Waals surface area contributed by atoms with Crippen molar-refractivity contribution in [2.45, 2.75) is 25.8 Å². The second kappa shape index (κ2) is 8.81. The van der Waals surface area contributed by atoms with Crippen LogP contribution in [0.15, 0.2) is 29.6 Å². The van der Waals surface area contributed by atoms with E-state index in [9.17, 15) is 32.3 Å². The van der Waals surface area contributed by atoms with Crippen molar-refractivity contribution in [3.8, 4) is 5.75 Å². The van der Waals surface area contributed by atoms with Crippen LogP contribution >= 0.6 is 11.3 Å². The first-order valence-corrected chi connectivity index (χ1v) is 10.8. The van der Waals surface area contributed by atoms with Crippen LogP contribution in [0.3, 0.4) is 0 Å². The normalized spacial score (nSPS) is 15.7. The van der Waals surface area contributed by atoms with Crippen LogP contribution < -0.4 is 5.32 Å². The highest BCUT2D eigenvalue weighted by Crippen LogP contribution is 2.35. The molecule has 1 saturated heterocycles. The molecule has 4 rings (SSSR count). The summed E-state index contributed by atoms with van der Waals surface area (Å²) in [6.07, 6.45) is 1.12. The van der Waals surface area contributed by atoms with Gasteiger partial charge in [-0.1, -0.05) is 6.07 Å². The Morgan fingerprint density at radius 1 is 1.15 bits per heavy atom. The third kappa shape index (κ3) is 4.28. The number of thiazole rings is 1. The van der Waals surface area contributed by atoms with Crippen molar-refractivity contribution in [1.82, 2.24) is 9.88 Å². The molecule has 11 heteroatoms. The fourth-order valence-electron chi connectivity index (χ4n) is 3.60. The van der Waals surface area contributed by atoms with Gasteiger partial charge < -0.3 is 15.3 Å². The van der Waals surface area contributed by atoms with E-state index >= 15 is 0 Å². The number of aromatic nitrogens is 1. The van der Waals surface area contributed by atoms with Crippen molar-refractivity contribution in [3.05, 3.63) is 74.7 Å². The molecule has 1 aliphatic heterocycles. The lowest BCUT2D eigenvalue weighted by molar-refractivity contribution is 0.0729. The summed E-state index contributed by atoms with van der Waals surface area (Å²) in [5.41, 5.74) is -0.803. The molecule has 2 heterocycles. The molecule has 0 radical (unpaired) electrons. The van der Waals surface area contributed by atoms with Gasteiger partial charge in [0.2, 0.25) is 0 Å². The number of aromatic hydroxyl groups is 1. The molecule has 2 amide bonds. The number of hydrogen-bond donors (Lipinski definition) is 2. The molecule has 1 atom stereocenters. The summed E-state index contributed by atoms with van der Waals surface area (Å²) in [6, 6.07) is 3.20. The Morgan fingerprint density at radius 2 is 1.91 bits per heavy atom. The van der Waals surface area contributed by atoms with E-state index in [0.29, 0.717) is 30.5 Å². The Balaban J connectivity index is 1.54. The fourth-order valence-corrected chi connectivity index (χ4v) is 4.54. The third-order valence-corrected chi connectivity index (χ3v) is 6.29. The first kappa shape index (κ1) is 22.7. The van der Waals surface area contributed by atoms with E-state index in [0.717, 1.165) is 17.4 Å². The summed E-state index contributed by atoms with van der Waals surface area (Å²) in [7, 11) is 0. The van der Waals surface area contributed by atoms with Gasteiger partial charge in [0.25, 0.3) is 11.8 Å².